The minimum absolute atomic E-state index is 0.0442. The van der Waals surface area contributed by atoms with Gasteiger partial charge in [0.05, 0.1) is 6.10 Å². The second-order valence-electron chi connectivity index (χ2n) is 4.30. The summed E-state index contributed by atoms with van der Waals surface area (Å²) < 4.78 is 10.6. The van der Waals surface area contributed by atoms with Gasteiger partial charge in [-0.1, -0.05) is 13.8 Å². The number of carbonyl (C=O) groups excluding carboxylic acids is 1. The van der Waals surface area contributed by atoms with Crippen molar-refractivity contribution in [2.24, 2.45) is 0 Å². The van der Waals surface area contributed by atoms with Gasteiger partial charge >= 0.3 is 11.9 Å². The maximum Gasteiger partial charge on any atom is 0.335 e. The number of ether oxygens (including phenoxy) is 2. The van der Waals surface area contributed by atoms with Crippen LogP contribution in [0.15, 0.2) is 0 Å². The molecule has 0 spiro atoms. The summed E-state index contributed by atoms with van der Waals surface area (Å²) in [7, 11) is 0. The Hall–Kier alpha value is -1.10. The normalized spacial score (nSPS) is 13.9. The van der Waals surface area contributed by atoms with Crippen LogP contribution in [0.25, 0.3) is 0 Å². The number of carboxylic acid groups (broad SMARTS) is 1. The van der Waals surface area contributed by atoms with Crippen LogP contribution >= 0.6 is 0 Å². The molecule has 0 heterocycles. The molecule has 5 heteroatoms. The van der Waals surface area contributed by atoms with Gasteiger partial charge in [-0.25, -0.2) is 4.79 Å². The second-order valence-corrected chi connectivity index (χ2v) is 4.30. The van der Waals surface area contributed by atoms with Gasteiger partial charge in [0.15, 0.2) is 6.10 Å². The van der Waals surface area contributed by atoms with Crippen LogP contribution in [0, 0.1) is 0 Å². The van der Waals surface area contributed by atoms with Crippen molar-refractivity contribution < 1.29 is 24.2 Å². The number of aliphatic carboxylic acids is 1. The van der Waals surface area contributed by atoms with Crippen LogP contribution in [-0.2, 0) is 19.1 Å². The van der Waals surface area contributed by atoms with Crippen LogP contribution in [0.4, 0.5) is 0 Å². The van der Waals surface area contributed by atoms with Crippen molar-refractivity contribution in [2.45, 2.75) is 65.1 Å². The SMILES string of the molecule is CCCOC(CCCC(=O)O)C(=O)OC(C)CC. The number of carboxylic acids is 1. The molecule has 0 aromatic heterocycles. The van der Waals surface area contributed by atoms with Crippen LogP contribution in [0.2, 0.25) is 0 Å². The lowest BCUT2D eigenvalue weighted by Gasteiger charge is -2.19. The van der Waals surface area contributed by atoms with Crippen molar-refractivity contribution in [3.63, 3.8) is 0 Å². The average molecular weight is 260 g/mol. The zero-order valence-electron chi connectivity index (χ0n) is 11.5. The highest BCUT2D eigenvalue weighted by Gasteiger charge is 2.22. The Morgan fingerprint density at radius 3 is 2.44 bits per heavy atom. The van der Waals surface area contributed by atoms with E-state index in [1.807, 2.05) is 20.8 Å². The first kappa shape index (κ1) is 16.9. The van der Waals surface area contributed by atoms with Gasteiger partial charge in [0.2, 0.25) is 0 Å². The van der Waals surface area contributed by atoms with E-state index in [2.05, 4.69) is 0 Å². The fraction of sp³-hybridized carbons (Fsp3) is 0.846. The summed E-state index contributed by atoms with van der Waals surface area (Å²) in [5.74, 6) is -1.25. The molecule has 2 atom stereocenters. The summed E-state index contributed by atoms with van der Waals surface area (Å²) in [5, 5.41) is 8.57. The van der Waals surface area contributed by atoms with E-state index in [1.165, 1.54) is 0 Å². The summed E-state index contributed by atoms with van der Waals surface area (Å²) in [6, 6.07) is 0. The lowest BCUT2D eigenvalue weighted by molar-refractivity contribution is -0.163. The quantitative estimate of drug-likeness (QED) is 0.610. The number of esters is 1. The topological polar surface area (TPSA) is 72.8 Å². The molecule has 0 aliphatic carbocycles. The number of hydrogen-bond acceptors (Lipinski definition) is 4. The number of hydrogen-bond donors (Lipinski definition) is 1. The van der Waals surface area contributed by atoms with Gasteiger partial charge in [-0.2, -0.15) is 0 Å². The van der Waals surface area contributed by atoms with Crippen molar-refractivity contribution >= 4 is 11.9 Å². The van der Waals surface area contributed by atoms with E-state index in [4.69, 9.17) is 14.6 Å². The first-order valence-electron chi connectivity index (χ1n) is 6.55. The first-order chi connectivity index (χ1) is 8.51. The smallest absolute Gasteiger partial charge is 0.335 e. The van der Waals surface area contributed by atoms with Crippen molar-refractivity contribution in [3.8, 4) is 0 Å². The zero-order chi connectivity index (χ0) is 14.0. The largest absolute Gasteiger partial charge is 0.481 e. The predicted octanol–water partition coefficient (Wildman–Crippen LogP) is 2.38. The van der Waals surface area contributed by atoms with Crippen molar-refractivity contribution in [3.05, 3.63) is 0 Å². The van der Waals surface area contributed by atoms with E-state index in [0.717, 1.165) is 12.8 Å². The highest BCUT2D eigenvalue weighted by molar-refractivity contribution is 5.75. The molecule has 2 unspecified atom stereocenters. The molecule has 18 heavy (non-hydrogen) atoms. The minimum atomic E-state index is -0.862. The Kier molecular flexibility index (Phi) is 9.28. The lowest BCUT2D eigenvalue weighted by Crippen LogP contribution is -2.30. The van der Waals surface area contributed by atoms with Crippen LogP contribution in [-0.4, -0.2) is 35.9 Å². The van der Waals surface area contributed by atoms with Gasteiger partial charge in [-0.15, -0.1) is 0 Å². The van der Waals surface area contributed by atoms with Crippen LogP contribution < -0.4 is 0 Å². The molecule has 0 fully saturated rings. The summed E-state index contributed by atoms with van der Waals surface area (Å²) >= 11 is 0. The molecular formula is C13H24O5. The van der Waals surface area contributed by atoms with E-state index >= 15 is 0 Å². The number of carbonyl (C=O) groups is 2. The Bertz CT molecular complexity index is 252. The van der Waals surface area contributed by atoms with Gasteiger partial charge in [0, 0.05) is 13.0 Å². The molecule has 0 amide bonds. The molecule has 0 rings (SSSR count). The predicted molar refractivity (Wildman–Crippen MR) is 67.4 cm³/mol. The maximum atomic E-state index is 11.8. The van der Waals surface area contributed by atoms with Crippen LogP contribution in [0.3, 0.4) is 0 Å². The van der Waals surface area contributed by atoms with Gasteiger partial charge < -0.3 is 14.6 Å². The molecule has 0 aliphatic rings. The Balaban J connectivity index is 4.18. The highest BCUT2D eigenvalue weighted by atomic mass is 16.6. The maximum absolute atomic E-state index is 11.8. The molecule has 1 N–H and O–H groups in total. The standard InChI is InChI=1S/C13H24O5/c1-4-9-17-11(7-6-8-12(14)15)13(16)18-10(3)5-2/h10-11H,4-9H2,1-3H3,(H,14,15). The molecule has 0 saturated heterocycles. The van der Waals surface area contributed by atoms with Crippen molar-refractivity contribution in [1.29, 1.82) is 0 Å². The number of rotatable bonds is 10. The fourth-order valence-electron chi connectivity index (χ4n) is 1.33. The van der Waals surface area contributed by atoms with E-state index in [9.17, 15) is 9.59 Å². The van der Waals surface area contributed by atoms with Gasteiger partial charge in [-0.05, 0) is 32.6 Å². The average Bonchev–Trinajstić information content (AvgIpc) is 2.32. The van der Waals surface area contributed by atoms with Crippen molar-refractivity contribution in [2.75, 3.05) is 6.61 Å². The van der Waals surface area contributed by atoms with Crippen LogP contribution in [0.1, 0.15) is 52.9 Å². The summed E-state index contributed by atoms with van der Waals surface area (Å²) in [6.07, 6.45) is 1.64. The lowest BCUT2D eigenvalue weighted by atomic mass is 10.1. The minimum Gasteiger partial charge on any atom is -0.481 e. The third-order valence-electron chi connectivity index (χ3n) is 2.54. The molecule has 5 nitrogen and oxygen atoms in total. The second kappa shape index (κ2) is 9.88. The Morgan fingerprint density at radius 2 is 1.94 bits per heavy atom. The van der Waals surface area contributed by atoms with E-state index in [0.29, 0.717) is 19.4 Å². The molecule has 0 aliphatic heterocycles. The third-order valence-corrected chi connectivity index (χ3v) is 2.54. The molecule has 106 valence electrons. The summed E-state index contributed by atoms with van der Waals surface area (Å²) in [6.45, 7) is 6.19. The molecule has 0 aromatic carbocycles. The third kappa shape index (κ3) is 8.06. The monoisotopic (exact) mass is 260 g/mol. The molecule has 0 bridgehead atoms. The molecule has 0 saturated carbocycles. The molecule has 0 aromatic rings. The summed E-state index contributed by atoms with van der Waals surface area (Å²) in [4.78, 5) is 22.2. The molecular weight excluding hydrogens is 236 g/mol. The Labute approximate surface area is 108 Å². The van der Waals surface area contributed by atoms with Crippen LogP contribution in [0.5, 0.6) is 0 Å². The van der Waals surface area contributed by atoms with Gasteiger partial charge in [0.25, 0.3) is 0 Å². The van der Waals surface area contributed by atoms with E-state index < -0.39 is 12.1 Å². The highest BCUT2D eigenvalue weighted by Crippen LogP contribution is 2.10. The zero-order valence-corrected chi connectivity index (χ0v) is 11.5. The van der Waals surface area contributed by atoms with Crippen molar-refractivity contribution in [1.82, 2.24) is 0 Å². The Morgan fingerprint density at radius 1 is 1.28 bits per heavy atom. The van der Waals surface area contributed by atoms with E-state index in [1.54, 1.807) is 0 Å². The van der Waals surface area contributed by atoms with Gasteiger partial charge in [0.1, 0.15) is 0 Å². The summed E-state index contributed by atoms with van der Waals surface area (Å²) in [5.41, 5.74) is 0. The first-order valence-corrected chi connectivity index (χ1v) is 6.55. The fourth-order valence-corrected chi connectivity index (χ4v) is 1.33. The van der Waals surface area contributed by atoms with E-state index in [-0.39, 0.29) is 18.5 Å². The van der Waals surface area contributed by atoms with Gasteiger partial charge in [-0.3, -0.25) is 4.79 Å². The molecule has 0 radical (unpaired) electrons.